The minimum absolute atomic E-state index is 0.0273. The Hall–Kier alpha value is -0.540. The van der Waals surface area contributed by atoms with Crippen molar-refractivity contribution in [3.63, 3.8) is 0 Å². The monoisotopic (exact) mass is 314 g/mol. The van der Waals surface area contributed by atoms with Gasteiger partial charge in [0.25, 0.3) is 0 Å². The summed E-state index contributed by atoms with van der Waals surface area (Å²) in [6.07, 6.45) is 2.58. The number of hydrogen-bond donors (Lipinski definition) is 1. The lowest BCUT2D eigenvalue weighted by atomic mass is 9.86. The highest BCUT2D eigenvalue weighted by molar-refractivity contribution is 9.10. The van der Waals surface area contributed by atoms with Crippen LogP contribution < -0.4 is 4.74 Å². The van der Waals surface area contributed by atoms with Gasteiger partial charge in [-0.25, -0.2) is 0 Å². The lowest BCUT2D eigenvalue weighted by molar-refractivity contribution is 0.0540. The second kappa shape index (κ2) is 6.58. The van der Waals surface area contributed by atoms with E-state index in [2.05, 4.69) is 48.8 Å². The summed E-state index contributed by atoms with van der Waals surface area (Å²) in [4.78, 5) is 0. The largest absolute Gasteiger partial charge is 0.496 e. The minimum Gasteiger partial charge on any atom is -0.496 e. The first-order chi connectivity index (χ1) is 8.34. The Morgan fingerprint density at radius 2 is 2.00 bits per heavy atom. The minimum atomic E-state index is -0.237. The molecule has 1 N–H and O–H groups in total. The van der Waals surface area contributed by atoms with E-state index in [0.29, 0.717) is 0 Å². The summed E-state index contributed by atoms with van der Waals surface area (Å²) in [5.74, 6) is 0.855. The fourth-order valence-electron chi connectivity index (χ4n) is 1.80. The maximum absolute atomic E-state index is 9.97. The third-order valence-electron chi connectivity index (χ3n) is 3.16. The third-order valence-corrected chi connectivity index (χ3v) is 3.78. The molecule has 0 heterocycles. The van der Waals surface area contributed by atoms with Crippen molar-refractivity contribution in [3.05, 3.63) is 28.2 Å². The van der Waals surface area contributed by atoms with Crippen LogP contribution in [0.15, 0.2) is 22.7 Å². The summed E-state index contributed by atoms with van der Waals surface area (Å²) in [5.41, 5.74) is 1.24. The van der Waals surface area contributed by atoms with E-state index >= 15 is 0 Å². The normalized spacial score (nSPS) is 13.4. The Morgan fingerprint density at radius 1 is 1.33 bits per heavy atom. The summed E-state index contributed by atoms with van der Waals surface area (Å²) in [7, 11) is 1.67. The van der Waals surface area contributed by atoms with Crippen molar-refractivity contribution < 1.29 is 9.84 Å². The molecule has 102 valence electrons. The topological polar surface area (TPSA) is 29.5 Å². The second-order valence-electron chi connectivity index (χ2n) is 5.74. The maximum atomic E-state index is 9.97. The number of aryl methyl sites for hydroxylation is 1. The molecular formula is C15H23BrO2. The van der Waals surface area contributed by atoms with Crippen LogP contribution in [0.1, 0.15) is 39.2 Å². The number of rotatable bonds is 5. The van der Waals surface area contributed by atoms with Crippen molar-refractivity contribution in [2.24, 2.45) is 5.41 Å². The molecule has 0 bridgehead atoms. The van der Waals surface area contributed by atoms with Gasteiger partial charge in [0.05, 0.1) is 17.7 Å². The fraction of sp³-hybridized carbons (Fsp3) is 0.600. The van der Waals surface area contributed by atoms with Crippen molar-refractivity contribution in [2.75, 3.05) is 7.11 Å². The molecule has 0 fully saturated rings. The first-order valence-corrected chi connectivity index (χ1v) is 7.14. The zero-order valence-corrected chi connectivity index (χ0v) is 13.3. The number of aliphatic hydroxyl groups is 1. The molecule has 0 aliphatic heterocycles. The molecular weight excluding hydrogens is 292 g/mol. The number of methoxy groups -OCH3 is 1. The summed E-state index contributed by atoms with van der Waals surface area (Å²) >= 11 is 3.49. The van der Waals surface area contributed by atoms with Crippen molar-refractivity contribution >= 4 is 15.9 Å². The molecule has 0 saturated heterocycles. The number of halogens is 1. The van der Waals surface area contributed by atoms with Gasteiger partial charge in [-0.1, -0.05) is 26.8 Å². The van der Waals surface area contributed by atoms with Gasteiger partial charge in [-0.05, 0) is 58.3 Å². The Bertz CT molecular complexity index is 383. The Labute approximate surface area is 118 Å². The second-order valence-corrected chi connectivity index (χ2v) is 6.60. The Morgan fingerprint density at radius 3 is 2.50 bits per heavy atom. The van der Waals surface area contributed by atoms with Crippen molar-refractivity contribution in [3.8, 4) is 5.75 Å². The molecule has 1 rings (SSSR count). The molecule has 0 aliphatic rings. The van der Waals surface area contributed by atoms with Crippen molar-refractivity contribution in [1.82, 2.24) is 0 Å². The summed E-state index contributed by atoms with van der Waals surface area (Å²) in [6, 6.07) is 6.13. The molecule has 0 radical (unpaired) electrons. The molecule has 3 heteroatoms. The van der Waals surface area contributed by atoms with E-state index in [-0.39, 0.29) is 11.5 Å². The molecule has 1 atom stereocenters. The van der Waals surface area contributed by atoms with E-state index in [1.165, 1.54) is 5.56 Å². The van der Waals surface area contributed by atoms with E-state index in [9.17, 15) is 5.11 Å². The van der Waals surface area contributed by atoms with Gasteiger partial charge in [0.1, 0.15) is 5.75 Å². The van der Waals surface area contributed by atoms with Gasteiger partial charge in [0, 0.05) is 0 Å². The van der Waals surface area contributed by atoms with Crippen LogP contribution in [0.4, 0.5) is 0 Å². The van der Waals surface area contributed by atoms with Crippen molar-refractivity contribution in [1.29, 1.82) is 0 Å². The van der Waals surface area contributed by atoms with E-state index in [0.717, 1.165) is 29.5 Å². The van der Waals surface area contributed by atoms with E-state index < -0.39 is 0 Å². The smallest absolute Gasteiger partial charge is 0.133 e. The molecule has 0 aromatic heterocycles. The molecule has 18 heavy (non-hydrogen) atoms. The summed E-state index contributed by atoms with van der Waals surface area (Å²) in [6.45, 7) is 6.21. The lowest BCUT2D eigenvalue weighted by Crippen LogP contribution is -2.25. The van der Waals surface area contributed by atoms with Crippen LogP contribution in [-0.4, -0.2) is 18.3 Å². The Balaban J connectivity index is 2.47. The van der Waals surface area contributed by atoms with Crippen LogP contribution in [0, 0.1) is 5.41 Å². The zero-order valence-electron chi connectivity index (χ0n) is 11.7. The van der Waals surface area contributed by atoms with E-state index in [1.54, 1.807) is 7.11 Å². The predicted molar refractivity (Wildman–Crippen MR) is 79.1 cm³/mol. The highest BCUT2D eigenvalue weighted by Gasteiger charge is 2.21. The van der Waals surface area contributed by atoms with Gasteiger partial charge in [0.15, 0.2) is 0 Å². The van der Waals surface area contributed by atoms with Crippen LogP contribution in [0.5, 0.6) is 5.75 Å². The molecule has 2 nitrogen and oxygen atoms in total. The Kier molecular flexibility index (Phi) is 5.67. The van der Waals surface area contributed by atoms with Crippen LogP contribution in [0.2, 0.25) is 0 Å². The fourth-order valence-corrected chi connectivity index (χ4v) is 2.39. The van der Waals surface area contributed by atoms with Gasteiger partial charge in [-0.3, -0.25) is 0 Å². The first-order valence-electron chi connectivity index (χ1n) is 6.35. The van der Waals surface area contributed by atoms with Crippen LogP contribution in [-0.2, 0) is 6.42 Å². The highest BCUT2D eigenvalue weighted by Crippen LogP contribution is 2.27. The molecule has 1 unspecified atom stereocenters. The van der Waals surface area contributed by atoms with Crippen LogP contribution in [0.25, 0.3) is 0 Å². The zero-order chi connectivity index (χ0) is 13.8. The SMILES string of the molecule is COc1ccc(CCCC(O)C(C)(C)C)cc1Br. The number of benzene rings is 1. The van der Waals surface area contributed by atoms with Crippen molar-refractivity contribution in [2.45, 2.75) is 46.1 Å². The van der Waals surface area contributed by atoms with Gasteiger partial charge >= 0.3 is 0 Å². The highest BCUT2D eigenvalue weighted by atomic mass is 79.9. The standard InChI is InChI=1S/C15H23BrO2/c1-15(2,3)14(17)7-5-6-11-8-9-13(18-4)12(16)10-11/h8-10,14,17H,5-7H2,1-4H3. The first kappa shape index (κ1) is 15.5. The molecule has 1 aromatic rings. The number of aliphatic hydroxyl groups excluding tert-OH is 1. The van der Waals surface area contributed by atoms with Crippen LogP contribution >= 0.6 is 15.9 Å². The molecule has 0 amide bonds. The van der Waals surface area contributed by atoms with Crippen LogP contribution in [0.3, 0.4) is 0 Å². The van der Waals surface area contributed by atoms with Gasteiger partial charge < -0.3 is 9.84 Å². The average molecular weight is 315 g/mol. The van der Waals surface area contributed by atoms with E-state index in [1.807, 2.05) is 6.07 Å². The number of ether oxygens (including phenoxy) is 1. The van der Waals surface area contributed by atoms with Gasteiger partial charge in [-0.2, -0.15) is 0 Å². The summed E-state index contributed by atoms with van der Waals surface area (Å²) in [5, 5.41) is 9.97. The van der Waals surface area contributed by atoms with Gasteiger partial charge in [-0.15, -0.1) is 0 Å². The lowest BCUT2D eigenvalue weighted by Gasteiger charge is -2.25. The predicted octanol–water partition coefficient (Wildman–Crippen LogP) is 4.19. The number of hydrogen-bond acceptors (Lipinski definition) is 2. The quantitative estimate of drug-likeness (QED) is 0.883. The molecule has 0 spiro atoms. The van der Waals surface area contributed by atoms with Gasteiger partial charge in [0.2, 0.25) is 0 Å². The molecule has 1 aromatic carbocycles. The van der Waals surface area contributed by atoms with E-state index in [4.69, 9.17) is 4.74 Å². The third kappa shape index (κ3) is 4.62. The maximum Gasteiger partial charge on any atom is 0.133 e. The molecule has 0 aliphatic carbocycles. The summed E-state index contributed by atoms with van der Waals surface area (Å²) < 4.78 is 6.19. The average Bonchev–Trinajstić information content (AvgIpc) is 2.28. The molecule has 0 saturated carbocycles.